The van der Waals surface area contributed by atoms with Gasteiger partial charge in [0.05, 0.1) is 36.4 Å². The summed E-state index contributed by atoms with van der Waals surface area (Å²) >= 11 is 25.5. The summed E-state index contributed by atoms with van der Waals surface area (Å²) in [6.07, 6.45) is 6.83. The number of rotatable bonds is 2. The summed E-state index contributed by atoms with van der Waals surface area (Å²) in [5.74, 6) is -1.06. The smallest absolute Gasteiger partial charge is 0.337 e. The summed E-state index contributed by atoms with van der Waals surface area (Å²) in [7, 11) is -1.12. The van der Waals surface area contributed by atoms with Crippen LogP contribution in [0.5, 0.6) is 0 Å². The minimum atomic E-state index is -4.02. The van der Waals surface area contributed by atoms with Crippen LogP contribution in [0.4, 0.5) is 0 Å². The number of halogens is 4. The zero-order valence-electron chi connectivity index (χ0n) is 28.0. The molecule has 4 bridgehead atoms. The first-order valence-electron chi connectivity index (χ1n) is 16.3. The van der Waals surface area contributed by atoms with E-state index >= 15 is 0 Å². The molecule has 3 unspecified atom stereocenters. The Morgan fingerprint density at radius 1 is 0.740 bits per heavy atom. The van der Waals surface area contributed by atoms with Crippen LogP contribution in [0.1, 0.15) is 68.7 Å². The number of carbonyl (C=O) groups is 2. The molecule has 0 N–H and O–H groups in total. The van der Waals surface area contributed by atoms with Crippen LogP contribution in [0, 0.1) is 0 Å². The molecule has 3 atom stereocenters. The first kappa shape index (κ1) is 38.9. The van der Waals surface area contributed by atoms with Crippen LogP contribution in [-0.4, -0.2) is 83.3 Å². The van der Waals surface area contributed by atoms with Crippen molar-refractivity contribution in [2.45, 2.75) is 57.5 Å². The van der Waals surface area contributed by atoms with E-state index in [-0.39, 0.29) is 30.4 Å². The van der Waals surface area contributed by atoms with Crippen LogP contribution in [0.3, 0.4) is 0 Å². The molecular weight excluding hydrogens is 766 g/mol. The van der Waals surface area contributed by atoms with Crippen molar-refractivity contribution in [3.8, 4) is 0 Å². The molecule has 2 aromatic carbocycles. The van der Waals surface area contributed by atoms with Gasteiger partial charge in [-0.25, -0.2) is 13.9 Å². The maximum absolute atomic E-state index is 13.7. The minimum Gasteiger partial charge on any atom is -0.462 e. The molecule has 5 rings (SSSR count). The number of hydrogen-bond donors (Lipinski definition) is 0. The fourth-order valence-corrected chi connectivity index (χ4v) is 10.6. The molecule has 0 saturated heterocycles. The van der Waals surface area contributed by atoms with E-state index in [9.17, 15) is 18.0 Å². The molecule has 0 saturated carbocycles. The van der Waals surface area contributed by atoms with E-state index < -0.39 is 45.1 Å². The lowest BCUT2D eigenvalue weighted by molar-refractivity contribution is -0.140. The Morgan fingerprint density at radius 3 is 1.80 bits per heavy atom. The normalized spacial score (nSPS) is 25.0. The molecule has 50 heavy (non-hydrogen) atoms. The Balaban J connectivity index is 1.40. The average Bonchev–Trinajstić information content (AvgIpc) is 3.06. The molecule has 10 nitrogen and oxygen atoms in total. The van der Waals surface area contributed by atoms with Gasteiger partial charge < -0.3 is 13.8 Å². The fraction of sp³-hybridized carbons (Fsp3) is 0.441. The SMILES string of the molecule is C/C=S1/N2C=C(C(=O)OCCCCCN3C=C(C(=O)OCCCCC2)C(c2ccc(Cl)cc2Cl)N(C)S3(=O)=O)C(c2ccc(Cl)cc2Cl)N1C. The van der Waals surface area contributed by atoms with Gasteiger partial charge >= 0.3 is 22.1 Å². The average molecular weight is 807 g/mol. The summed E-state index contributed by atoms with van der Waals surface area (Å²) in [4.78, 5) is 27.3. The van der Waals surface area contributed by atoms with E-state index in [4.69, 9.17) is 55.9 Å². The van der Waals surface area contributed by atoms with E-state index in [2.05, 4.69) is 14.0 Å². The number of benzene rings is 2. The molecule has 0 fully saturated rings. The minimum absolute atomic E-state index is 0.107. The summed E-state index contributed by atoms with van der Waals surface area (Å²) in [5, 5.41) is 3.67. The van der Waals surface area contributed by atoms with E-state index in [1.54, 1.807) is 24.3 Å². The molecule has 16 heteroatoms. The Labute approximate surface area is 316 Å². The Morgan fingerprint density at radius 2 is 1.26 bits per heavy atom. The number of ether oxygens (including phenoxy) is 2. The number of esters is 2. The van der Waals surface area contributed by atoms with Gasteiger partial charge in [-0.2, -0.15) is 12.7 Å². The second-order valence-corrected chi connectivity index (χ2v) is 17.8. The first-order valence-corrected chi connectivity index (χ1v) is 20.4. The lowest BCUT2D eigenvalue weighted by Crippen LogP contribution is -2.47. The topological polar surface area (TPSA) is 99.7 Å². The van der Waals surface area contributed by atoms with Crippen molar-refractivity contribution in [2.24, 2.45) is 0 Å². The van der Waals surface area contributed by atoms with Crippen molar-refractivity contribution in [2.75, 3.05) is 40.4 Å². The Kier molecular flexibility index (Phi) is 13.3. The van der Waals surface area contributed by atoms with Gasteiger partial charge in [0.1, 0.15) is 0 Å². The summed E-state index contributed by atoms with van der Waals surface area (Å²) < 4.78 is 45.4. The molecule has 0 spiro atoms. The van der Waals surface area contributed by atoms with Crippen LogP contribution in [0.15, 0.2) is 59.9 Å². The van der Waals surface area contributed by atoms with Crippen molar-refractivity contribution < 1.29 is 27.5 Å². The van der Waals surface area contributed by atoms with Crippen molar-refractivity contribution in [1.82, 2.24) is 17.2 Å². The zero-order valence-corrected chi connectivity index (χ0v) is 32.6. The molecule has 0 aliphatic carbocycles. The van der Waals surface area contributed by atoms with Gasteiger partial charge in [0, 0.05) is 52.6 Å². The van der Waals surface area contributed by atoms with Gasteiger partial charge in [0.2, 0.25) is 0 Å². The maximum atomic E-state index is 13.7. The van der Waals surface area contributed by atoms with E-state index in [0.717, 1.165) is 27.0 Å². The number of carbonyl (C=O) groups excluding carboxylic acids is 2. The fourth-order valence-electron chi connectivity index (χ4n) is 6.27. The monoisotopic (exact) mass is 804 g/mol. The maximum Gasteiger partial charge on any atom is 0.337 e. The number of nitrogens with zero attached hydrogens (tertiary/aromatic N) is 4. The Bertz CT molecular complexity index is 1820. The van der Waals surface area contributed by atoms with E-state index in [1.165, 1.54) is 19.3 Å². The van der Waals surface area contributed by atoms with Crippen LogP contribution in [-0.2, 0) is 29.3 Å². The molecular formula is C34H40Cl4N4O6S2. The highest BCUT2D eigenvalue weighted by Crippen LogP contribution is 2.45. The van der Waals surface area contributed by atoms with Crippen molar-refractivity contribution in [3.63, 3.8) is 0 Å². The summed E-state index contributed by atoms with van der Waals surface area (Å²) in [6, 6.07) is 8.54. The quantitative estimate of drug-likeness (QED) is 0.223. The van der Waals surface area contributed by atoms with Crippen LogP contribution >= 0.6 is 57.3 Å². The highest BCUT2D eigenvalue weighted by molar-refractivity contribution is 8.10. The third kappa shape index (κ3) is 8.50. The zero-order chi connectivity index (χ0) is 36.2. The van der Waals surface area contributed by atoms with Gasteiger partial charge in [-0.15, -0.1) is 0 Å². The van der Waals surface area contributed by atoms with E-state index in [1.807, 2.05) is 26.2 Å². The van der Waals surface area contributed by atoms with Crippen molar-refractivity contribution >= 4 is 84.8 Å². The molecule has 0 aromatic heterocycles. The molecule has 3 aliphatic heterocycles. The second kappa shape index (κ2) is 17.0. The molecule has 0 amide bonds. The van der Waals surface area contributed by atoms with Crippen LogP contribution < -0.4 is 0 Å². The van der Waals surface area contributed by atoms with Gasteiger partial charge in [-0.3, -0.25) is 4.31 Å². The highest BCUT2D eigenvalue weighted by Gasteiger charge is 2.42. The van der Waals surface area contributed by atoms with Crippen molar-refractivity contribution in [3.05, 3.63) is 91.2 Å². The largest absolute Gasteiger partial charge is 0.462 e. The van der Waals surface area contributed by atoms with Gasteiger partial charge in [0.15, 0.2) is 0 Å². The van der Waals surface area contributed by atoms with Crippen molar-refractivity contribution in [1.29, 1.82) is 0 Å². The van der Waals surface area contributed by atoms with Gasteiger partial charge in [0.25, 0.3) is 0 Å². The summed E-state index contributed by atoms with van der Waals surface area (Å²) in [5.41, 5.74) is 1.78. The molecule has 272 valence electrons. The van der Waals surface area contributed by atoms with Crippen LogP contribution in [0.25, 0.3) is 0 Å². The molecule has 2 aromatic rings. The second-order valence-electron chi connectivity index (χ2n) is 12.0. The number of fused-ring (bicyclic) bond motifs is 2. The number of cyclic esters (lactones) is 2. The highest BCUT2D eigenvalue weighted by atomic mass is 35.5. The lowest BCUT2D eigenvalue weighted by Gasteiger charge is -2.42. The summed E-state index contributed by atoms with van der Waals surface area (Å²) in [6.45, 7) is 3.02. The first-order chi connectivity index (χ1) is 23.8. The van der Waals surface area contributed by atoms with E-state index in [0.29, 0.717) is 58.4 Å². The van der Waals surface area contributed by atoms with Gasteiger partial charge in [-0.1, -0.05) is 58.5 Å². The van der Waals surface area contributed by atoms with Gasteiger partial charge in [-0.05, 0) is 104 Å². The predicted molar refractivity (Wildman–Crippen MR) is 201 cm³/mol. The Hall–Kier alpha value is -2.29. The lowest BCUT2D eigenvalue weighted by atomic mass is 9.99. The number of likely N-dealkylation sites (N-methyl/N-ethyl adjacent to an activating group) is 2. The third-order valence-corrected chi connectivity index (χ3v) is 13.7. The molecule has 3 aliphatic rings. The number of hydrogen-bond acceptors (Lipinski definition) is 8. The predicted octanol–water partition coefficient (Wildman–Crippen LogP) is 7.95. The third-order valence-electron chi connectivity index (χ3n) is 8.79. The molecule has 0 radical (unpaired) electrons. The standard InChI is InChI=1S/C34H40Cl4N4O6S2/c1-4-49-39(2)31(25-13-11-23(35)19-29(25)37)27-21-41(49)15-7-5-9-17-48-34(44)28-22-42(16-8-6-10-18-47-33(27)43)50(45,46)40(3)32(28)26-14-12-24(36)20-30(26)38/h4,11-14,19-22,31-32H,5-10,15-18H2,1-3H3. The van der Waals surface area contributed by atoms with Crippen LogP contribution in [0.2, 0.25) is 20.1 Å². The molecule has 3 heterocycles.